The van der Waals surface area contributed by atoms with Crippen molar-refractivity contribution in [3.63, 3.8) is 0 Å². The van der Waals surface area contributed by atoms with Gasteiger partial charge in [0.15, 0.2) is 5.11 Å². The van der Waals surface area contributed by atoms with E-state index in [1.807, 2.05) is 6.08 Å². The van der Waals surface area contributed by atoms with Gasteiger partial charge in [-0.05, 0) is 38.9 Å². The van der Waals surface area contributed by atoms with Gasteiger partial charge in [0.05, 0.1) is 0 Å². The molecule has 2 unspecified atom stereocenters. The predicted octanol–water partition coefficient (Wildman–Crippen LogP) is 2.95. The lowest BCUT2D eigenvalue weighted by molar-refractivity contribution is 0.248. The molecule has 0 radical (unpaired) electrons. The molecule has 0 aromatic rings. The highest BCUT2D eigenvalue weighted by molar-refractivity contribution is 7.80. The van der Waals surface area contributed by atoms with Crippen LogP contribution in [0, 0.1) is 0 Å². The molecule has 1 N–H and O–H groups in total. The zero-order valence-corrected chi connectivity index (χ0v) is 11.2. The zero-order chi connectivity index (χ0) is 11.8. The van der Waals surface area contributed by atoms with Crippen molar-refractivity contribution in [2.45, 2.75) is 52.6 Å². The molecule has 0 aromatic carbocycles. The van der Waals surface area contributed by atoms with Gasteiger partial charge in [-0.25, -0.2) is 0 Å². The maximum atomic E-state index is 5.39. The van der Waals surface area contributed by atoms with Crippen molar-refractivity contribution in [3.8, 4) is 0 Å². The molecule has 3 heteroatoms. The second-order valence-electron chi connectivity index (χ2n) is 3.90. The smallest absolute Gasteiger partial charge is 0.169 e. The van der Waals surface area contributed by atoms with E-state index >= 15 is 0 Å². The van der Waals surface area contributed by atoms with E-state index in [2.05, 4.69) is 44.5 Å². The van der Waals surface area contributed by atoms with E-state index in [1.54, 1.807) is 0 Å². The first-order valence-corrected chi connectivity index (χ1v) is 6.16. The van der Waals surface area contributed by atoms with Crippen LogP contribution in [0.3, 0.4) is 0 Å². The van der Waals surface area contributed by atoms with Crippen LogP contribution < -0.4 is 5.32 Å². The minimum absolute atomic E-state index is 0.491. The average Bonchev–Trinajstić information content (AvgIpc) is 2.25. The number of hydrogen-bond donors (Lipinski definition) is 1. The van der Waals surface area contributed by atoms with Gasteiger partial charge in [-0.15, -0.1) is 6.58 Å². The summed E-state index contributed by atoms with van der Waals surface area (Å²) in [6, 6.07) is 0.981. The number of hydrogen-bond acceptors (Lipinski definition) is 1. The fourth-order valence-corrected chi connectivity index (χ4v) is 1.92. The van der Waals surface area contributed by atoms with Crippen LogP contribution in [0.2, 0.25) is 0 Å². The summed E-state index contributed by atoms with van der Waals surface area (Å²) in [6.07, 6.45) is 4.05. The molecule has 0 aliphatic heterocycles. The van der Waals surface area contributed by atoms with E-state index in [-0.39, 0.29) is 0 Å². The SMILES string of the molecule is C=CCNC(=S)N(C(C)CC)C(C)CC. The Morgan fingerprint density at radius 1 is 1.33 bits per heavy atom. The lowest BCUT2D eigenvalue weighted by Crippen LogP contribution is -2.49. The van der Waals surface area contributed by atoms with E-state index in [0.29, 0.717) is 12.1 Å². The molecule has 0 heterocycles. The Hall–Kier alpha value is -0.570. The van der Waals surface area contributed by atoms with Gasteiger partial charge < -0.3 is 10.2 Å². The molecular formula is C12H24N2S. The van der Waals surface area contributed by atoms with Crippen molar-refractivity contribution >= 4 is 17.3 Å². The van der Waals surface area contributed by atoms with Gasteiger partial charge in [0.2, 0.25) is 0 Å². The van der Waals surface area contributed by atoms with Crippen molar-refractivity contribution in [2.24, 2.45) is 0 Å². The maximum absolute atomic E-state index is 5.39. The second-order valence-corrected chi connectivity index (χ2v) is 4.28. The highest BCUT2D eigenvalue weighted by atomic mass is 32.1. The molecule has 2 atom stereocenters. The summed E-state index contributed by atoms with van der Waals surface area (Å²) in [6.45, 7) is 13.2. The molecule has 0 amide bonds. The third-order valence-corrected chi connectivity index (χ3v) is 3.12. The first-order chi connectivity index (χ1) is 7.08. The Morgan fingerprint density at radius 3 is 2.13 bits per heavy atom. The highest BCUT2D eigenvalue weighted by Crippen LogP contribution is 2.11. The second kappa shape index (κ2) is 7.69. The lowest BCUT2D eigenvalue weighted by atomic mass is 10.1. The summed E-state index contributed by atoms with van der Waals surface area (Å²) in [5.41, 5.74) is 0. The Labute approximate surface area is 99.7 Å². The van der Waals surface area contributed by atoms with Crippen LogP contribution in [0.25, 0.3) is 0 Å². The first kappa shape index (κ1) is 14.4. The summed E-state index contributed by atoms with van der Waals surface area (Å²) < 4.78 is 0. The topological polar surface area (TPSA) is 15.3 Å². The minimum Gasteiger partial charge on any atom is -0.359 e. The molecule has 0 aliphatic rings. The summed E-state index contributed by atoms with van der Waals surface area (Å²) in [4.78, 5) is 2.29. The monoisotopic (exact) mass is 228 g/mol. The van der Waals surface area contributed by atoms with Crippen LogP contribution in [0.5, 0.6) is 0 Å². The van der Waals surface area contributed by atoms with E-state index in [9.17, 15) is 0 Å². The minimum atomic E-state index is 0.491. The molecule has 15 heavy (non-hydrogen) atoms. The van der Waals surface area contributed by atoms with Gasteiger partial charge in [-0.2, -0.15) is 0 Å². The van der Waals surface area contributed by atoms with E-state index in [0.717, 1.165) is 24.5 Å². The first-order valence-electron chi connectivity index (χ1n) is 5.75. The molecule has 2 nitrogen and oxygen atoms in total. The molecular weight excluding hydrogens is 204 g/mol. The fourth-order valence-electron chi connectivity index (χ4n) is 1.48. The van der Waals surface area contributed by atoms with E-state index in [1.165, 1.54) is 0 Å². The van der Waals surface area contributed by atoms with Gasteiger partial charge >= 0.3 is 0 Å². The molecule has 0 aromatic heterocycles. The summed E-state index contributed by atoms with van der Waals surface area (Å²) in [5, 5.41) is 4.05. The quantitative estimate of drug-likeness (QED) is 0.556. The molecule has 0 bridgehead atoms. The van der Waals surface area contributed by atoms with E-state index < -0.39 is 0 Å². The molecule has 0 aliphatic carbocycles. The molecule has 0 fully saturated rings. The number of rotatable bonds is 6. The zero-order valence-electron chi connectivity index (χ0n) is 10.4. The van der Waals surface area contributed by atoms with Crippen molar-refractivity contribution in [1.29, 1.82) is 0 Å². The van der Waals surface area contributed by atoms with Gasteiger partial charge in [0.1, 0.15) is 0 Å². The van der Waals surface area contributed by atoms with Gasteiger partial charge in [0.25, 0.3) is 0 Å². The Kier molecular flexibility index (Phi) is 7.39. The third kappa shape index (κ3) is 4.65. The Balaban J connectivity index is 4.46. The third-order valence-electron chi connectivity index (χ3n) is 2.76. The number of thiocarbonyl (C=S) groups is 1. The van der Waals surface area contributed by atoms with Crippen LogP contribution in [-0.2, 0) is 0 Å². The summed E-state index contributed by atoms with van der Waals surface area (Å²) in [5.74, 6) is 0. The maximum Gasteiger partial charge on any atom is 0.169 e. The number of nitrogens with zero attached hydrogens (tertiary/aromatic N) is 1. The summed E-state index contributed by atoms with van der Waals surface area (Å²) in [7, 11) is 0. The normalized spacial score (nSPS) is 14.1. The van der Waals surface area contributed by atoms with Crippen LogP contribution in [0.15, 0.2) is 12.7 Å². The largest absolute Gasteiger partial charge is 0.359 e. The van der Waals surface area contributed by atoms with Crippen molar-refractivity contribution in [3.05, 3.63) is 12.7 Å². The highest BCUT2D eigenvalue weighted by Gasteiger charge is 2.19. The molecule has 0 rings (SSSR count). The van der Waals surface area contributed by atoms with Gasteiger partial charge in [-0.1, -0.05) is 19.9 Å². The lowest BCUT2D eigenvalue weighted by Gasteiger charge is -2.36. The van der Waals surface area contributed by atoms with Crippen LogP contribution >= 0.6 is 12.2 Å². The molecule has 0 saturated carbocycles. The Morgan fingerprint density at radius 2 is 1.80 bits per heavy atom. The van der Waals surface area contributed by atoms with E-state index in [4.69, 9.17) is 12.2 Å². The van der Waals surface area contributed by atoms with Crippen LogP contribution in [0.1, 0.15) is 40.5 Å². The van der Waals surface area contributed by atoms with Crippen molar-refractivity contribution in [1.82, 2.24) is 10.2 Å². The summed E-state index contributed by atoms with van der Waals surface area (Å²) >= 11 is 5.39. The van der Waals surface area contributed by atoms with Crippen LogP contribution in [-0.4, -0.2) is 28.6 Å². The van der Waals surface area contributed by atoms with Gasteiger partial charge in [0, 0.05) is 18.6 Å². The van der Waals surface area contributed by atoms with Crippen molar-refractivity contribution < 1.29 is 0 Å². The van der Waals surface area contributed by atoms with Gasteiger partial charge in [-0.3, -0.25) is 0 Å². The Bertz CT molecular complexity index is 194. The fraction of sp³-hybridized carbons (Fsp3) is 0.750. The number of nitrogens with one attached hydrogen (secondary N) is 1. The molecule has 0 saturated heterocycles. The van der Waals surface area contributed by atoms with Crippen LogP contribution in [0.4, 0.5) is 0 Å². The molecule has 88 valence electrons. The standard InChI is InChI=1S/C12H24N2S/c1-6-9-13-12(15)14(10(4)7-2)11(5)8-3/h6,10-11H,1,7-9H2,2-5H3,(H,13,15). The average molecular weight is 228 g/mol. The molecule has 0 spiro atoms. The van der Waals surface area contributed by atoms with Crippen molar-refractivity contribution in [2.75, 3.05) is 6.54 Å². The predicted molar refractivity (Wildman–Crippen MR) is 72.1 cm³/mol.